The number of alkyl carbamates (subject to hydrolysis) is 1. The Labute approximate surface area is 126 Å². The molecular formula is C12H18N4O6. The van der Waals surface area contributed by atoms with Gasteiger partial charge in [-0.3, -0.25) is 14.8 Å². The third kappa shape index (κ3) is 5.38. The third-order valence-corrected chi connectivity index (χ3v) is 2.38. The van der Waals surface area contributed by atoms with Gasteiger partial charge < -0.3 is 14.8 Å². The zero-order valence-electron chi connectivity index (χ0n) is 12.7. The van der Waals surface area contributed by atoms with Crippen molar-refractivity contribution in [2.75, 3.05) is 7.11 Å². The fourth-order valence-electron chi connectivity index (χ4n) is 1.51. The Morgan fingerprint density at radius 3 is 2.59 bits per heavy atom. The van der Waals surface area contributed by atoms with Crippen LogP contribution in [0, 0.1) is 10.1 Å². The molecule has 1 amide bonds. The zero-order chi connectivity index (χ0) is 16.9. The summed E-state index contributed by atoms with van der Waals surface area (Å²) in [5, 5.41) is 16.7. The van der Waals surface area contributed by atoms with Crippen LogP contribution in [0.2, 0.25) is 0 Å². The van der Waals surface area contributed by atoms with Gasteiger partial charge in [0.05, 0.1) is 18.6 Å². The maximum atomic E-state index is 11.7. The number of nitro groups is 1. The molecule has 10 heteroatoms. The quantitative estimate of drug-likeness (QED) is 0.485. The fourth-order valence-corrected chi connectivity index (χ4v) is 1.51. The SMILES string of the molecule is COC(=O)C(Cn1cc([N+](=O)[O-])cn1)NC(=O)OC(C)(C)C. The molecule has 10 nitrogen and oxygen atoms in total. The van der Waals surface area contributed by atoms with Crippen LogP contribution in [-0.4, -0.2) is 45.5 Å². The van der Waals surface area contributed by atoms with Crippen LogP contribution in [0.4, 0.5) is 10.5 Å². The Morgan fingerprint density at radius 2 is 2.14 bits per heavy atom. The highest BCUT2D eigenvalue weighted by Gasteiger charge is 2.26. The third-order valence-electron chi connectivity index (χ3n) is 2.38. The molecule has 1 heterocycles. The molecule has 1 atom stereocenters. The predicted octanol–water partition coefficient (Wildman–Crippen LogP) is 0.858. The Hall–Kier alpha value is -2.65. The van der Waals surface area contributed by atoms with E-state index in [-0.39, 0.29) is 12.2 Å². The van der Waals surface area contributed by atoms with E-state index in [1.807, 2.05) is 0 Å². The van der Waals surface area contributed by atoms with Crippen molar-refractivity contribution in [1.29, 1.82) is 0 Å². The van der Waals surface area contributed by atoms with Crippen molar-refractivity contribution in [3.8, 4) is 0 Å². The predicted molar refractivity (Wildman–Crippen MR) is 74.1 cm³/mol. The lowest BCUT2D eigenvalue weighted by molar-refractivity contribution is -0.385. The van der Waals surface area contributed by atoms with E-state index < -0.39 is 28.6 Å². The van der Waals surface area contributed by atoms with Crippen LogP contribution < -0.4 is 5.32 Å². The molecule has 0 aliphatic heterocycles. The number of methoxy groups -OCH3 is 1. The van der Waals surface area contributed by atoms with E-state index in [2.05, 4.69) is 15.2 Å². The van der Waals surface area contributed by atoms with Gasteiger partial charge >= 0.3 is 17.7 Å². The molecule has 1 rings (SSSR count). The van der Waals surface area contributed by atoms with Gasteiger partial charge in [-0.2, -0.15) is 5.10 Å². The number of amides is 1. The van der Waals surface area contributed by atoms with Crippen molar-refractivity contribution < 1.29 is 24.0 Å². The van der Waals surface area contributed by atoms with E-state index >= 15 is 0 Å². The molecule has 0 spiro atoms. The summed E-state index contributed by atoms with van der Waals surface area (Å²) < 4.78 is 10.8. The van der Waals surface area contributed by atoms with Crippen LogP contribution >= 0.6 is 0 Å². The molecule has 0 saturated carbocycles. The topological polar surface area (TPSA) is 126 Å². The van der Waals surface area contributed by atoms with Gasteiger partial charge in [0.1, 0.15) is 24.0 Å². The average molecular weight is 314 g/mol. The van der Waals surface area contributed by atoms with E-state index in [1.54, 1.807) is 20.8 Å². The summed E-state index contributed by atoms with van der Waals surface area (Å²) in [7, 11) is 1.16. The molecule has 1 aromatic rings. The largest absolute Gasteiger partial charge is 0.467 e. The van der Waals surface area contributed by atoms with Gasteiger partial charge in [-0.15, -0.1) is 0 Å². The highest BCUT2D eigenvalue weighted by atomic mass is 16.6. The smallest absolute Gasteiger partial charge is 0.408 e. The second kappa shape index (κ2) is 6.87. The summed E-state index contributed by atoms with van der Waals surface area (Å²) in [6.45, 7) is 4.91. The van der Waals surface area contributed by atoms with Crippen molar-refractivity contribution in [1.82, 2.24) is 15.1 Å². The van der Waals surface area contributed by atoms with Crippen LogP contribution in [0.25, 0.3) is 0 Å². The van der Waals surface area contributed by atoms with Gasteiger partial charge in [-0.05, 0) is 20.8 Å². The standard InChI is InChI=1S/C12H18N4O6/c1-12(2,3)22-11(18)14-9(10(17)21-4)7-15-6-8(5-13-15)16(19)20/h5-6,9H,7H2,1-4H3,(H,14,18). The van der Waals surface area contributed by atoms with Crippen molar-refractivity contribution in [3.05, 3.63) is 22.5 Å². The Balaban J connectivity index is 2.78. The van der Waals surface area contributed by atoms with Crippen LogP contribution in [0.3, 0.4) is 0 Å². The molecular weight excluding hydrogens is 296 g/mol. The summed E-state index contributed by atoms with van der Waals surface area (Å²) in [6, 6.07) is -1.08. The number of esters is 1. The van der Waals surface area contributed by atoms with Gasteiger partial charge in [-0.1, -0.05) is 0 Å². The van der Waals surface area contributed by atoms with Crippen molar-refractivity contribution in [3.63, 3.8) is 0 Å². The Bertz CT molecular complexity index is 562. The van der Waals surface area contributed by atoms with Crippen LogP contribution in [0.15, 0.2) is 12.4 Å². The molecule has 1 aromatic heterocycles. The maximum Gasteiger partial charge on any atom is 0.408 e. The van der Waals surface area contributed by atoms with Gasteiger partial charge in [0.2, 0.25) is 0 Å². The molecule has 0 radical (unpaired) electrons. The van der Waals surface area contributed by atoms with Gasteiger partial charge in [0.15, 0.2) is 0 Å². The molecule has 1 N–H and O–H groups in total. The first-order valence-corrected chi connectivity index (χ1v) is 6.36. The normalized spacial score (nSPS) is 12.4. The number of hydrogen-bond donors (Lipinski definition) is 1. The number of nitrogens with one attached hydrogen (secondary N) is 1. The molecule has 0 aliphatic carbocycles. The maximum absolute atomic E-state index is 11.7. The first-order valence-electron chi connectivity index (χ1n) is 6.36. The van der Waals surface area contributed by atoms with Gasteiger partial charge in [0.25, 0.3) is 0 Å². The molecule has 0 saturated heterocycles. The second-order valence-electron chi connectivity index (χ2n) is 5.40. The zero-order valence-corrected chi connectivity index (χ0v) is 12.7. The first-order chi connectivity index (χ1) is 10.1. The monoisotopic (exact) mass is 314 g/mol. The lowest BCUT2D eigenvalue weighted by Crippen LogP contribution is -2.46. The molecule has 0 fully saturated rings. The first kappa shape index (κ1) is 17.4. The number of rotatable bonds is 5. The number of carbonyl (C=O) groups is 2. The number of hydrogen-bond acceptors (Lipinski definition) is 7. The van der Waals surface area contributed by atoms with Crippen molar-refractivity contribution in [2.24, 2.45) is 0 Å². The lowest BCUT2D eigenvalue weighted by atomic mass is 10.2. The van der Waals surface area contributed by atoms with Crippen molar-refractivity contribution in [2.45, 2.75) is 39.0 Å². The minimum Gasteiger partial charge on any atom is -0.467 e. The summed E-state index contributed by atoms with van der Waals surface area (Å²) in [6.07, 6.45) is 1.39. The highest BCUT2D eigenvalue weighted by molar-refractivity contribution is 5.81. The number of ether oxygens (including phenoxy) is 2. The van der Waals surface area contributed by atoms with Crippen LogP contribution in [0.1, 0.15) is 20.8 Å². The molecule has 0 bridgehead atoms. The minimum atomic E-state index is -1.08. The van der Waals surface area contributed by atoms with E-state index in [0.717, 1.165) is 24.2 Å². The summed E-state index contributed by atoms with van der Waals surface area (Å²) >= 11 is 0. The molecule has 122 valence electrons. The number of carbonyl (C=O) groups excluding carboxylic acids is 2. The highest BCUT2D eigenvalue weighted by Crippen LogP contribution is 2.10. The molecule has 0 aromatic carbocycles. The lowest BCUT2D eigenvalue weighted by Gasteiger charge is -2.22. The Morgan fingerprint density at radius 1 is 1.50 bits per heavy atom. The van der Waals surface area contributed by atoms with Crippen LogP contribution in [0.5, 0.6) is 0 Å². The molecule has 0 aliphatic rings. The van der Waals surface area contributed by atoms with Crippen LogP contribution in [-0.2, 0) is 20.8 Å². The minimum absolute atomic E-state index is 0.125. The number of nitrogens with zero attached hydrogens (tertiary/aromatic N) is 3. The molecule has 22 heavy (non-hydrogen) atoms. The van der Waals surface area contributed by atoms with E-state index in [1.165, 1.54) is 0 Å². The van der Waals surface area contributed by atoms with Gasteiger partial charge in [0, 0.05) is 0 Å². The van der Waals surface area contributed by atoms with E-state index in [0.29, 0.717) is 0 Å². The van der Waals surface area contributed by atoms with Crippen molar-refractivity contribution >= 4 is 17.7 Å². The Kier molecular flexibility index (Phi) is 5.44. The average Bonchev–Trinajstić information content (AvgIpc) is 2.83. The summed E-state index contributed by atoms with van der Waals surface area (Å²) in [5.74, 6) is -0.719. The second-order valence-corrected chi connectivity index (χ2v) is 5.40. The van der Waals surface area contributed by atoms with E-state index in [9.17, 15) is 19.7 Å². The molecule has 1 unspecified atom stereocenters. The summed E-state index contributed by atoms with van der Waals surface area (Å²) in [5.41, 5.74) is -0.948. The fraction of sp³-hybridized carbons (Fsp3) is 0.583. The van der Waals surface area contributed by atoms with Gasteiger partial charge in [-0.25, -0.2) is 9.59 Å². The summed E-state index contributed by atoms with van der Waals surface area (Å²) in [4.78, 5) is 33.4. The van der Waals surface area contributed by atoms with E-state index in [4.69, 9.17) is 4.74 Å². The number of aromatic nitrogens is 2.